The number of anilines is 3. The van der Waals surface area contributed by atoms with Gasteiger partial charge in [0.25, 0.3) is 0 Å². The van der Waals surface area contributed by atoms with Gasteiger partial charge in [0.05, 0.1) is 0 Å². The first-order valence-corrected chi connectivity index (χ1v) is 7.25. The van der Waals surface area contributed by atoms with E-state index in [1.165, 1.54) is 0 Å². The molecule has 4 N–H and O–H groups in total. The number of aromatic nitrogens is 2. The summed E-state index contributed by atoms with van der Waals surface area (Å²) in [7, 11) is 0. The van der Waals surface area contributed by atoms with Crippen molar-refractivity contribution < 1.29 is 0 Å². The largest absolute Gasteiger partial charge is 0.370 e. The maximum Gasteiger partial charge on any atom is 0.223 e. The second kappa shape index (κ2) is 7.16. The van der Waals surface area contributed by atoms with Crippen LogP contribution < -0.4 is 16.4 Å². The van der Waals surface area contributed by atoms with Crippen LogP contribution in [0.25, 0.3) is 0 Å². The summed E-state index contributed by atoms with van der Waals surface area (Å²) in [6.07, 6.45) is 4.22. The summed E-state index contributed by atoms with van der Waals surface area (Å²) in [5, 5.41) is 6.77. The molecule has 1 rings (SSSR count). The smallest absolute Gasteiger partial charge is 0.223 e. The average molecular weight is 265 g/mol. The molecule has 19 heavy (non-hydrogen) atoms. The van der Waals surface area contributed by atoms with Crippen LogP contribution >= 0.6 is 0 Å². The Morgan fingerprint density at radius 3 is 2.16 bits per heavy atom. The second-order valence-electron chi connectivity index (χ2n) is 4.89. The Morgan fingerprint density at radius 1 is 1.05 bits per heavy atom. The van der Waals surface area contributed by atoms with E-state index in [1.54, 1.807) is 0 Å². The Balaban J connectivity index is 2.90. The summed E-state index contributed by atoms with van der Waals surface area (Å²) in [6, 6.07) is 1.93. The zero-order chi connectivity index (χ0) is 14.3. The van der Waals surface area contributed by atoms with E-state index in [0.717, 1.165) is 43.9 Å². The van der Waals surface area contributed by atoms with Gasteiger partial charge in [-0.05, 0) is 25.7 Å². The average Bonchev–Trinajstić information content (AvgIpc) is 2.42. The third-order valence-corrected chi connectivity index (χ3v) is 3.72. The monoisotopic (exact) mass is 265 g/mol. The van der Waals surface area contributed by atoms with Crippen molar-refractivity contribution >= 4 is 17.6 Å². The highest BCUT2D eigenvalue weighted by Crippen LogP contribution is 2.25. The highest BCUT2D eigenvalue weighted by atomic mass is 15.1. The highest BCUT2D eigenvalue weighted by Gasteiger charge is 2.24. The fourth-order valence-corrected chi connectivity index (χ4v) is 2.16. The van der Waals surface area contributed by atoms with Crippen LogP contribution in [0.2, 0.25) is 0 Å². The summed E-state index contributed by atoms with van der Waals surface area (Å²) >= 11 is 0. The summed E-state index contributed by atoms with van der Waals surface area (Å²) in [5.74, 6) is 1.89. The summed E-state index contributed by atoms with van der Waals surface area (Å²) < 4.78 is 0. The van der Waals surface area contributed by atoms with Crippen LogP contribution in [0.4, 0.5) is 17.6 Å². The lowest BCUT2D eigenvalue weighted by molar-refractivity contribution is 0.419. The maximum absolute atomic E-state index is 5.77. The van der Waals surface area contributed by atoms with Gasteiger partial charge in [0.15, 0.2) is 0 Å². The molecule has 0 aliphatic heterocycles. The van der Waals surface area contributed by atoms with Crippen molar-refractivity contribution in [1.29, 1.82) is 0 Å². The van der Waals surface area contributed by atoms with Gasteiger partial charge >= 0.3 is 0 Å². The van der Waals surface area contributed by atoms with E-state index in [-0.39, 0.29) is 5.54 Å². The van der Waals surface area contributed by atoms with Crippen molar-refractivity contribution in [2.75, 3.05) is 22.9 Å². The lowest BCUT2D eigenvalue weighted by Crippen LogP contribution is -2.36. The minimum Gasteiger partial charge on any atom is -0.370 e. The van der Waals surface area contributed by atoms with Crippen molar-refractivity contribution in [3.8, 4) is 0 Å². The van der Waals surface area contributed by atoms with E-state index in [2.05, 4.69) is 48.3 Å². The Kier molecular flexibility index (Phi) is 5.86. The van der Waals surface area contributed by atoms with Gasteiger partial charge in [-0.2, -0.15) is 9.97 Å². The minimum atomic E-state index is 0.0861. The Hall–Kier alpha value is -1.52. The van der Waals surface area contributed by atoms with E-state index >= 15 is 0 Å². The first-order chi connectivity index (χ1) is 9.09. The molecule has 0 amide bonds. The normalized spacial score (nSPS) is 11.4. The van der Waals surface area contributed by atoms with Gasteiger partial charge in [-0.3, -0.25) is 0 Å². The van der Waals surface area contributed by atoms with Gasteiger partial charge in [0.1, 0.15) is 11.6 Å². The van der Waals surface area contributed by atoms with Crippen LogP contribution in [0, 0.1) is 0 Å². The quantitative estimate of drug-likeness (QED) is 0.672. The lowest BCUT2D eigenvalue weighted by Gasteiger charge is -2.32. The molecule has 0 bridgehead atoms. The fraction of sp³-hybridized carbons (Fsp3) is 0.714. The Bertz CT molecular complexity index is 379. The number of hydrogen-bond acceptors (Lipinski definition) is 5. The molecule has 5 nitrogen and oxygen atoms in total. The van der Waals surface area contributed by atoms with Gasteiger partial charge in [-0.25, -0.2) is 0 Å². The molecule has 1 heterocycles. The maximum atomic E-state index is 5.77. The summed E-state index contributed by atoms with van der Waals surface area (Å²) in [5.41, 5.74) is 5.86. The van der Waals surface area contributed by atoms with Crippen molar-refractivity contribution in [2.24, 2.45) is 0 Å². The number of nitrogen functional groups attached to an aromatic ring is 1. The molecule has 0 spiro atoms. The molecular weight excluding hydrogens is 238 g/mol. The minimum absolute atomic E-state index is 0.0861. The van der Waals surface area contributed by atoms with Crippen LogP contribution in [0.5, 0.6) is 0 Å². The van der Waals surface area contributed by atoms with Gasteiger partial charge in [-0.1, -0.05) is 27.7 Å². The van der Waals surface area contributed by atoms with Crippen LogP contribution in [0.1, 0.15) is 53.4 Å². The predicted molar refractivity (Wildman–Crippen MR) is 82.5 cm³/mol. The molecule has 0 atom stereocenters. The molecule has 0 aromatic carbocycles. The highest BCUT2D eigenvalue weighted by molar-refractivity contribution is 5.52. The van der Waals surface area contributed by atoms with Crippen molar-refractivity contribution in [2.45, 2.75) is 58.9 Å². The lowest BCUT2D eigenvalue weighted by atomic mass is 9.90. The van der Waals surface area contributed by atoms with Gasteiger partial charge in [0.2, 0.25) is 5.95 Å². The number of nitrogens with one attached hydrogen (secondary N) is 2. The topological polar surface area (TPSA) is 75.9 Å². The zero-order valence-electron chi connectivity index (χ0n) is 12.6. The van der Waals surface area contributed by atoms with Crippen molar-refractivity contribution in [3.63, 3.8) is 0 Å². The van der Waals surface area contributed by atoms with Gasteiger partial charge in [0, 0.05) is 18.2 Å². The van der Waals surface area contributed by atoms with E-state index in [9.17, 15) is 0 Å². The molecule has 108 valence electrons. The van der Waals surface area contributed by atoms with Crippen LogP contribution in [-0.4, -0.2) is 22.1 Å². The molecular formula is C14H27N5. The first kappa shape index (κ1) is 15.5. The Labute approximate surface area is 116 Å². The molecule has 5 heteroatoms. The molecule has 1 aromatic heterocycles. The summed E-state index contributed by atoms with van der Waals surface area (Å²) in [4.78, 5) is 8.48. The molecule has 0 saturated carbocycles. The summed E-state index contributed by atoms with van der Waals surface area (Å²) in [6.45, 7) is 9.59. The molecule has 0 unspecified atom stereocenters. The first-order valence-electron chi connectivity index (χ1n) is 7.25. The van der Waals surface area contributed by atoms with E-state index in [4.69, 9.17) is 5.73 Å². The number of hydrogen-bond donors (Lipinski definition) is 3. The van der Waals surface area contributed by atoms with Crippen molar-refractivity contribution in [1.82, 2.24) is 9.97 Å². The van der Waals surface area contributed by atoms with Crippen LogP contribution in [0.3, 0.4) is 0 Å². The zero-order valence-corrected chi connectivity index (χ0v) is 12.6. The van der Waals surface area contributed by atoms with Crippen molar-refractivity contribution in [3.05, 3.63) is 6.07 Å². The fourth-order valence-electron chi connectivity index (χ4n) is 2.16. The number of nitrogens with zero attached hydrogens (tertiary/aromatic N) is 2. The van der Waals surface area contributed by atoms with E-state index in [0.29, 0.717) is 5.95 Å². The molecule has 0 aliphatic rings. The molecule has 0 aliphatic carbocycles. The molecule has 0 saturated heterocycles. The second-order valence-corrected chi connectivity index (χ2v) is 4.89. The molecule has 0 fully saturated rings. The number of rotatable bonds is 8. The Morgan fingerprint density at radius 2 is 1.63 bits per heavy atom. The van der Waals surface area contributed by atoms with Crippen LogP contribution in [0.15, 0.2) is 6.07 Å². The predicted octanol–water partition coefficient (Wildman–Crippen LogP) is 3.26. The standard InChI is InChI=1S/C14H27N5/c1-5-9-16-11-10-12(18-13(15)17-11)19-14(6-2,7-3)8-4/h10H,5-9H2,1-4H3,(H4,15,16,17,18,19). The third-order valence-electron chi connectivity index (χ3n) is 3.72. The molecule has 0 radical (unpaired) electrons. The molecule has 1 aromatic rings. The van der Waals surface area contributed by atoms with E-state index < -0.39 is 0 Å². The van der Waals surface area contributed by atoms with Crippen LogP contribution in [-0.2, 0) is 0 Å². The van der Waals surface area contributed by atoms with Gasteiger partial charge < -0.3 is 16.4 Å². The third kappa shape index (κ3) is 4.26. The van der Waals surface area contributed by atoms with E-state index in [1.807, 2.05) is 6.07 Å². The van der Waals surface area contributed by atoms with Gasteiger partial charge in [-0.15, -0.1) is 0 Å². The number of nitrogens with two attached hydrogens (primary N) is 1. The SMILES string of the molecule is CCCNc1cc(NC(CC)(CC)CC)nc(N)n1.